The summed E-state index contributed by atoms with van der Waals surface area (Å²) in [6.45, 7) is 8.22. The Labute approximate surface area is 154 Å². The maximum absolute atomic E-state index is 5.92. The first-order valence-corrected chi connectivity index (χ1v) is 9.27. The highest BCUT2D eigenvalue weighted by Crippen LogP contribution is 2.31. The number of morpholine rings is 1. The Hall–Kier alpha value is -2.02. The largest absolute Gasteiger partial charge is 0.486 e. The van der Waals surface area contributed by atoms with E-state index in [1.165, 1.54) is 5.56 Å². The Bertz CT molecular complexity index is 724. The van der Waals surface area contributed by atoms with Gasteiger partial charge in [0, 0.05) is 26.2 Å². The fourth-order valence-electron chi connectivity index (χ4n) is 3.48. The molecule has 3 heterocycles. The van der Waals surface area contributed by atoms with Crippen LogP contribution in [0.4, 0.5) is 0 Å². The Morgan fingerprint density at radius 1 is 1.00 bits per heavy atom. The van der Waals surface area contributed by atoms with Gasteiger partial charge in [-0.25, -0.2) is 0 Å². The van der Waals surface area contributed by atoms with Crippen LogP contribution in [0.1, 0.15) is 23.1 Å². The van der Waals surface area contributed by atoms with Crippen molar-refractivity contribution in [3.05, 3.63) is 47.4 Å². The number of ether oxygens (including phenoxy) is 3. The van der Waals surface area contributed by atoms with Gasteiger partial charge in [-0.05, 0) is 36.8 Å². The molecule has 0 saturated carbocycles. The zero-order chi connectivity index (χ0) is 17.8. The molecule has 0 spiro atoms. The third-order valence-corrected chi connectivity index (χ3v) is 4.85. The molecule has 1 aromatic carbocycles. The molecule has 0 amide bonds. The Balaban J connectivity index is 1.40. The smallest absolute Gasteiger partial charge is 0.161 e. The summed E-state index contributed by atoms with van der Waals surface area (Å²) in [5.41, 5.74) is 1.19. The maximum Gasteiger partial charge on any atom is 0.161 e. The predicted octanol–water partition coefficient (Wildman–Crippen LogP) is 2.52. The number of hydrogen-bond donors (Lipinski definition) is 1. The van der Waals surface area contributed by atoms with Gasteiger partial charge in [-0.1, -0.05) is 6.07 Å². The Morgan fingerprint density at radius 2 is 1.81 bits per heavy atom. The third-order valence-electron chi connectivity index (χ3n) is 4.85. The molecule has 26 heavy (non-hydrogen) atoms. The van der Waals surface area contributed by atoms with E-state index in [-0.39, 0.29) is 6.04 Å². The number of furan rings is 1. The van der Waals surface area contributed by atoms with Crippen molar-refractivity contribution in [2.24, 2.45) is 0 Å². The van der Waals surface area contributed by atoms with Gasteiger partial charge in [0.1, 0.15) is 24.7 Å². The van der Waals surface area contributed by atoms with Crippen molar-refractivity contribution >= 4 is 0 Å². The van der Waals surface area contributed by atoms with Gasteiger partial charge in [-0.15, -0.1) is 0 Å². The zero-order valence-corrected chi connectivity index (χ0v) is 15.2. The summed E-state index contributed by atoms with van der Waals surface area (Å²) in [4.78, 5) is 2.43. The average molecular weight is 358 g/mol. The van der Waals surface area contributed by atoms with Crippen LogP contribution in [-0.4, -0.2) is 51.0 Å². The van der Waals surface area contributed by atoms with Crippen LogP contribution in [0.2, 0.25) is 0 Å². The van der Waals surface area contributed by atoms with Crippen LogP contribution >= 0.6 is 0 Å². The summed E-state index contributed by atoms with van der Waals surface area (Å²) in [7, 11) is 0. The molecular weight excluding hydrogens is 332 g/mol. The number of hydrogen-bond acceptors (Lipinski definition) is 6. The molecule has 2 aromatic rings. The second kappa shape index (κ2) is 8.12. The minimum absolute atomic E-state index is 0.213. The molecule has 0 aliphatic carbocycles. The lowest BCUT2D eigenvalue weighted by atomic mass is 10.1. The molecule has 1 unspecified atom stereocenters. The first-order chi connectivity index (χ1) is 12.8. The summed E-state index contributed by atoms with van der Waals surface area (Å²) in [6, 6.07) is 10.5. The molecule has 6 nitrogen and oxygen atoms in total. The molecule has 6 heteroatoms. The van der Waals surface area contributed by atoms with Crippen LogP contribution in [-0.2, 0) is 11.3 Å². The number of nitrogens with one attached hydrogen (secondary N) is 1. The minimum atomic E-state index is 0.213. The molecule has 1 atom stereocenters. The van der Waals surface area contributed by atoms with Crippen molar-refractivity contribution in [1.82, 2.24) is 10.2 Å². The van der Waals surface area contributed by atoms with E-state index in [1.807, 2.05) is 19.1 Å². The number of fused-ring (bicyclic) bond motifs is 1. The van der Waals surface area contributed by atoms with Crippen molar-refractivity contribution in [3.63, 3.8) is 0 Å². The standard InChI is InChI=1S/C20H26N2O4/c1-15-2-4-18(26-15)17(22-6-8-23-9-7-22)14-21-13-16-3-5-19-20(12-16)25-11-10-24-19/h2-5,12,17,21H,6-11,13-14H2,1H3. The van der Waals surface area contributed by atoms with E-state index < -0.39 is 0 Å². The monoisotopic (exact) mass is 358 g/mol. The minimum Gasteiger partial charge on any atom is -0.486 e. The molecule has 1 fully saturated rings. The van der Waals surface area contributed by atoms with Gasteiger partial charge in [0.15, 0.2) is 11.5 Å². The number of benzene rings is 1. The summed E-state index contributed by atoms with van der Waals surface area (Å²) in [5.74, 6) is 3.63. The van der Waals surface area contributed by atoms with Crippen LogP contribution in [0.15, 0.2) is 34.7 Å². The third kappa shape index (κ3) is 4.03. The van der Waals surface area contributed by atoms with Gasteiger partial charge in [-0.2, -0.15) is 0 Å². The van der Waals surface area contributed by atoms with Crippen molar-refractivity contribution in [1.29, 1.82) is 0 Å². The van der Waals surface area contributed by atoms with Crippen molar-refractivity contribution in [3.8, 4) is 11.5 Å². The van der Waals surface area contributed by atoms with Crippen LogP contribution in [0, 0.1) is 6.92 Å². The molecule has 1 N–H and O–H groups in total. The van der Waals surface area contributed by atoms with Crippen LogP contribution < -0.4 is 14.8 Å². The van der Waals surface area contributed by atoms with E-state index in [1.54, 1.807) is 0 Å². The molecule has 0 bridgehead atoms. The van der Waals surface area contributed by atoms with Crippen LogP contribution in [0.5, 0.6) is 11.5 Å². The first kappa shape index (κ1) is 17.4. The normalized spacial score (nSPS) is 18.7. The second-order valence-corrected chi connectivity index (χ2v) is 6.72. The molecular formula is C20H26N2O4. The van der Waals surface area contributed by atoms with E-state index in [9.17, 15) is 0 Å². The lowest BCUT2D eigenvalue weighted by molar-refractivity contribution is 0.0115. The quantitative estimate of drug-likeness (QED) is 0.856. The summed E-state index contributed by atoms with van der Waals surface area (Å²) < 4.78 is 22.7. The van der Waals surface area contributed by atoms with Gasteiger partial charge >= 0.3 is 0 Å². The molecule has 1 saturated heterocycles. The summed E-state index contributed by atoms with van der Waals surface area (Å²) in [6.07, 6.45) is 0. The Kier molecular flexibility index (Phi) is 5.43. The number of nitrogens with zero attached hydrogens (tertiary/aromatic N) is 1. The second-order valence-electron chi connectivity index (χ2n) is 6.72. The summed E-state index contributed by atoms with van der Waals surface area (Å²) in [5, 5.41) is 3.57. The number of rotatable bonds is 6. The molecule has 0 radical (unpaired) electrons. The van der Waals surface area contributed by atoms with E-state index in [0.29, 0.717) is 13.2 Å². The van der Waals surface area contributed by atoms with Crippen molar-refractivity contribution in [2.45, 2.75) is 19.5 Å². The van der Waals surface area contributed by atoms with E-state index in [4.69, 9.17) is 18.6 Å². The highest BCUT2D eigenvalue weighted by Gasteiger charge is 2.25. The summed E-state index contributed by atoms with van der Waals surface area (Å²) >= 11 is 0. The first-order valence-electron chi connectivity index (χ1n) is 9.27. The average Bonchev–Trinajstić information content (AvgIpc) is 3.12. The van der Waals surface area contributed by atoms with Crippen molar-refractivity contribution in [2.75, 3.05) is 46.1 Å². The Morgan fingerprint density at radius 3 is 2.58 bits per heavy atom. The maximum atomic E-state index is 5.92. The molecule has 4 rings (SSSR count). The van der Waals surface area contributed by atoms with Gasteiger partial charge in [0.05, 0.1) is 19.3 Å². The zero-order valence-electron chi connectivity index (χ0n) is 15.2. The van der Waals surface area contributed by atoms with Crippen molar-refractivity contribution < 1.29 is 18.6 Å². The SMILES string of the molecule is Cc1ccc(C(CNCc2ccc3c(c2)OCCO3)N2CCOCC2)o1. The highest BCUT2D eigenvalue weighted by molar-refractivity contribution is 5.43. The lowest BCUT2D eigenvalue weighted by Crippen LogP contribution is -2.42. The van der Waals surface area contributed by atoms with E-state index in [2.05, 4.69) is 28.4 Å². The van der Waals surface area contributed by atoms with Crippen LogP contribution in [0.25, 0.3) is 0 Å². The highest BCUT2D eigenvalue weighted by atomic mass is 16.6. The van der Waals surface area contributed by atoms with Crippen LogP contribution in [0.3, 0.4) is 0 Å². The van der Waals surface area contributed by atoms with Gasteiger partial charge in [0.25, 0.3) is 0 Å². The van der Waals surface area contributed by atoms with E-state index >= 15 is 0 Å². The molecule has 2 aliphatic rings. The topological polar surface area (TPSA) is 56.1 Å². The fraction of sp³-hybridized carbons (Fsp3) is 0.500. The number of aryl methyl sites for hydroxylation is 1. The molecule has 140 valence electrons. The molecule has 1 aromatic heterocycles. The van der Waals surface area contributed by atoms with Gasteiger partial charge in [-0.3, -0.25) is 4.90 Å². The predicted molar refractivity (Wildman–Crippen MR) is 97.7 cm³/mol. The fourth-order valence-corrected chi connectivity index (χ4v) is 3.48. The van der Waals surface area contributed by atoms with Gasteiger partial charge < -0.3 is 23.9 Å². The van der Waals surface area contributed by atoms with E-state index in [0.717, 1.165) is 62.4 Å². The molecule has 2 aliphatic heterocycles. The van der Waals surface area contributed by atoms with Gasteiger partial charge in [0.2, 0.25) is 0 Å². The lowest BCUT2D eigenvalue weighted by Gasteiger charge is -2.33.